The average Bonchev–Trinajstić information content (AvgIpc) is 2.25. The molecule has 0 unspecified atom stereocenters. The number of hydrogen-bond donors (Lipinski definition) is 3. The lowest BCUT2D eigenvalue weighted by Gasteiger charge is -2.13. The summed E-state index contributed by atoms with van der Waals surface area (Å²) >= 11 is 0. The Morgan fingerprint density at radius 2 is 2.18 bits per heavy atom. The van der Waals surface area contributed by atoms with Crippen LogP contribution in [0.15, 0.2) is 12.1 Å². The van der Waals surface area contributed by atoms with Crippen molar-refractivity contribution in [3.05, 3.63) is 23.5 Å². The van der Waals surface area contributed by atoms with Crippen LogP contribution in [0.25, 0.3) is 0 Å². The summed E-state index contributed by atoms with van der Waals surface area (Å²) in [5.74, 6) is -1.68. The summed E-state index contributed by atoms with van der Waals surface area (Å²) in [6, 6.07) is 1.59. The third-order valence-electron chi connectivity index (χ3n) is 2.21. The normalized spacial score (nSPS) is 11.5. The van der Waals surface area contributed by atoms with Crippen molar-refractivity contribution in [3.8, 4) is 5.75 Å². The minimum Gasteiger partial charge on any atom is -0.505 e. The van der Waals surface area contributed by atoms with Crippen LogP contribution in [0.3, 0.4) is 0 Å². The smallest absolute Gasteiger partial charge is 0.307 e. The number of aromatic hydroxyl groups is 1. The lowest BCUT2D eigenvalue weighted by atomic mass is 10.0. The summed E-state index contributed by atoms with van der Waals surface area (Å²) in [5, 5.41) is 9.54. The van der Waals surface area contributed by atoms with Crippen molar-refractivity contribution in [2.24, 2.45) is 5.73 Å². The van der Waals surface area contributed by atoms with E-state index in [0.717, 1.165) is 6.07 Å². The van der Waals surface area contributed by atoms with Crippen LogP contribution in [0.2, 0.25) is 0 Å². The van der Waals surface area contributed by atoms with Crippen LogP contribution in [0.1, 0.15) is 18.0 Å². The number of hydrogen-bond acceptors (Lipinski definition) is 5. The molecule has 0 fully saturated rings. The second-order valence-electron chi connectivity index (χ2n) is 3.29. The molecule has 0 aliphatic carbocycles. The Bertz CT molecular complexity index is 415. The third kappa shape index (κ3) is 3.47. The number of nitrogens with two attached hydrogens (primary N) is 2. The monoisotopic (exact) mass is 264 g/mol. The number of carbonyl (C=O) groups is 1. The topological polar surface area (TPSA) is 98.6 Å². The van der Waals surface area contributed by atoms with Crippen LogP contribution in [-0.4, -0.2) is 18.2 Å². The van der Waals surface area contributed by atoms with E-state index in [9.17, 15) is 14.3 Å². The molecule has 1 aromatic carbocycles. The summed E-state index contributed by atoms with van der Waals surface area (Å²) in [6.07, 6.45) is -0.116. The Kier molecular flexibility index (Phi) is 5.70. The first-order valence-corrected chi connectivity index (χ1v) is 4.56. The highest BCUT2D eigenvalue weighted by Crippen LogP contribution is 2.32. The fourth-order valence-corrected chi connectivity index (χ4v) is 1.27. The van der Waals surface area contributed by atoms with Gasteiger partial charge in [0.1, 0.15) is 17.3 Å². The minimum absolute atomic E-state index is 0. The molecule has 96 valence electrons. The van der Waals surface area contributed by atoms with E-state index < -0.39 is 23.6 Å². The number of anilines is 1. The molecule has 0 aliphatic heterocycles. The number of rotatable bonds is 3. The molecule has 0 heterocycles. The zero-order valence-electron chi connectivity index (χ0n) is 9.14. The Morgan fingerprint density at radius 1 is 1.59 bits per heavy atom. The zero-order valence-corrected chi connectivity index (χ0v) is 9.96. The lowest BCUT2D eigenvalue weighted by Crippen LogP contribution is -2.17. The number of halogens is 2. The summed E-state index contributed by atoms with van der Waals surface area (Å²) in [4.78, 5) is 11.0. The lowest BCUT2D eigenvalue weighted by molar-refractivity contribution is -0.141. The number of benzene rings is 1. The van der Waals surface area contributed by atoms with Gasteiger partial charge in [0.15, 0.2) is 0 Å². The van der Waals surface area contributed by atoms with Gasteiger partial charge in [0.25, 0.3) is 0 Å². The maximum absolute atomic E-state index is 12.9. The number of esters is 1. The fourth-order valence-electron chi connectivity index (χ4n) is 1.27. The molecule has 0 radical (unpaired) electrons. The Labute approximate surface area is 104 Å². The molecule has 7 heteroatoms. The second-order valence-corrected chi connectivity index (χ2v) is 3.29. The first kappa shape index (κ1) is 15.5. The van der Waals surface area contributed by atoms with Crippen molar-refractivity contribution in [1.29, 1.82) is 0 Å². The van der Waals surface area contributed by atoms with E-state index in [2.05, 4.69) is 4.74 Å². The molecule has 0 spiro atoms. The fraction of sp³-hybridized carbons (Fsp3) is 0.300. The van der Waals surface area contributed by atoms with Crippen molar-refractivity contribution < 1.29 is 19.0 Å². The summed E-state index contributed by atoms with van der Waals surface area (Å²) in [5.41, 5.74) is 10.8. The molecular formula is C10H14ClFN2O3. The Morgan fingerprint density at radius 3 is 2.71 bits per heavy atom. The molecule has 5 nitrogen and oxygen atoms in total. The molecule has 0 amide bonds. The largest absolute Gasteiger partial charge is 0.505 e. The second kappa shape index (κ2) is 6.27. The summed E-state index contributed by atoms with van der Waals surface area (Å²) in [6.45, 7) is 0. The van der Waals surface area contributed by atoms with Crippen molar-refractivity contribution in [2.75, 3.05) is 12.8 Å². The van der Waals surface area contributed by atoms with Gasteiger partial charge in [-0.05, 0) is 6.07 Å². The number of ether oxygens (including phenoxy) is 1. The number of carbonyl (C=O) groups excluding carboxylic acids is 1. The van der Waals surface area contributed by atoms with Crippen LogP contribution < -0.4 is 11.5 Å². The summed E-state index contributed by atoms with van der Waals surface area (Å²) in [7, 11) is 1.23. The molecular weight excluding hydrogens is 251 g/mol. The van der Waals surface area contributed by atoms with Gasteiger partial charge >= 0.3 is 5.97 Å². The molecule has 1 aromatic rings. The van der Waals surface area contributed by atoms with E-state index in [-0.39, 0.29) is 30.1 Å². The van der Waals surface area contributed by atoms with Gasteiger partial charge in [-0.1, -0.05) is 6.07 Å². The SMILES string of the molecule is COC(=O)C[C@H](N)c1ccc(F)c(N)c1O.Cl. The van der Waals surface area contributed by atoms with Crippen LogP contribution in [-0.2, 0) is 9.53 Å². The van der Waals surface area contributed by atoms with Crippen molar-refractivity contribution in [1.82, 2.24) is 0 Å². The number of phenolic OH excluding ortho intramolecular Hbond substituents is 1. The van der Waals surface area contributed by atoms with Gasteiger partial charge in [-0.25, -0.2) is 4.39 Å². The minimum atomic E-state index is -0.782. The van der Waals surface area contributed by atoms with Gasteiger partial charge in [0.2, 0.25) is 0 Å². The van der Waals surface area contributed by atoms with Gasteiger partial charge in [0.05, 0.1) is 13.5 Å². The summed E-state index contributed by atoms with van der Waals surface area (Å²) < 4.78 is 17.4. The van der Waals surface area contributed by atoms with E-state index in [0.29, 0.717) is 0 Å². The standard InChI is InChI=1S/C10H13FN2O3.ClH/c1-16-8(14)4-7(12)5-2-3-6(11)9(13)10(5)15;/h2-3,7,15H,4,12-13H2,1H3;1H/t7-;/m0./s1. The quantitative estimate of drug-likeness (QED) is 0.431. The number of nitrogen functional groups attached to an aromatic ring is 1. The van der Waals surface area contributed by atoms with E-state index in [1.807, 2.05) is 0 Å². The molecule has 0 aromatic heterocycles. The van der Waals surface area contributed by atoms with Gasteiger partial charge in [-0.2, -0.15) is 0 Å². The van der Waals surface area contributed by atoms with E-state index in [1.165, 1.54) is 13.2 Å². The van der Waals surface area contributed by atoms with E-state index in [1.54, 1.807) is 0 Å². The van der Waals surface area contributed by atoms with E-state index in [4.69, 9.17) is 11.5 Å². The molecule has 0 saturated heterocycles. The predicted octanol–water partition coefficient (Wildman–Crippen LogP) is 1.10. The van der Waals surface area contributed by atoms with Crippen LogP contribution in [0.5, 0.6) is 5.75 Å². The molecule has 0 bridgehead atoms. The van der Waals surface area contributed by atoms with Gasteiger partial charge in [-0.3, -0.25) is 4.79 Å². The zero-order chi connectivity index (χ0) is 12.3. The number of methoxy groups -OCH3 is 1. The van der Waals surface area contributed by atoms with Gasteiger partial charge in [0, 0.05) is 11.6 Å². The first-order valence-electron chi connectivity index (χ1n) is 4.56. The van der Waals surface area contributed by atoms with Crippen LogP contribution in [0, 0.1) is 5.82 Å². The average molecular weight is 265 g/mol. The van der Waals surface area contributed by atoms with Crippen LogP contribution >= 0.6 is 12.4 Å². The Hall–Kier alpha value is -1.53. The predicted molar refractivity (Wildman–Crippen MR) is 63.3 cm³/mol. The molecule has 17 heavy (non-hydrogen) atoms. The van der Waals surface area contributed by atoms with E-state index >= 15 is 0 Å². The number of phenols is 1. The van der Waals surface area contributed by atoms with Crippen molar-refractivity contribution in [3.63, 3.8) is 0 Å². The maximum Gasteiger partial charge on any atom is 0.307 e. The highest BCUT2D eigenvalue weighted by molar-refractivity contribution is 5.85. The first-order chi connectivity index (χ1) is 7.47. The third-order valence-corrected chi connectivity index (χ3v) is 2.21. The molecule has 1 rings (SSSR count). The molecule has 0 saturated carbocycles. The highest BCUT2D eigenvalue weighted by Gasteiger charge is 2.18. The molecule has 0 aliphatic rings. The van der Waals surface area contributed by atoms with Crippen molar-refractivity contribution >= 4 is 24.1 Å². The van der Waals surface area contributed by atoms with Crippen LogP contribution in [0.4, 0.5) is 10.1 Å². The van der Waals surface area contributed by atoms with Gasteiger partial charge < -0.3 is 21.3 Å². The Balaban J connectivity index is 0.00000256. The highest BCUT2D eigenvalue weighted by atomic mass is 35.5. The van der Waals surface area contributed by atoms with Gasteiger partial charge in [-0.15, -0.1) is 12.4 Å². The van der Waals surface area contributed by atoms with Crippen molar-refractivity contribution in [2.45, 2.75) is 12.5 Å². The molecule has 1 atom stereocenters. The molecule has 5 N–H and O–H groups in total. The maximum atomic E-state index is 12.9.